The van der Waals surface area contributed by atoms with Gasteiger partial charge >= 0.3 is 0 Å². The Morgan fingerprint density at radius 1 is 1.04 bits per heavy atom. The molecule has 1 saturated heterocycles. The molecule has 138 valence electrons. The maximum absolute atomic E-state index is 13.0. The standard InChI is InChI=1S/C20H21N5O2/c1-14-18(15(2)27-23-14)16-5-3-6-17(13-16)19(26)24-9-11-25(12-10-24)20-21-7-4-8-22-20/h3-8,13H,9-12H2,1-2H3. The molecule has 3 aromatic rings. The Labute approximate surface area is 157 Å². The zero-order valence-corrected chi connectivity index (χ0v) is 15.4. The van der Waals surface area contributed by atoms with Gasteiger partial charge in [0, 0.05) is 49.7 Å². The summed E-state index contributed by atoms with van der Waals surface area (Å²) in [6, 6.07) is 9.46. The summed E-state index contributed by atoms with van der Waals surface area (Å²) in [6.07, 6.45) is 3.47. The lowest BCUT2D eigenvalue weighted by Gasteiger charge is -2.34. The van der Waals surface area contributed by atoms with Crippen molar-refractivity contribution in [2.75, 3.05) is 31.1 Å². The van der Waals surface area contributed by atoms with Crippen LogP contribution in [0.15, 0.2) is 47.2 Å². The van der Waals surface area contributed by atoms with Crippen molar-refractivity contribution < 1.29 is 9.32 Å². The molecule has 2 aromatic heterocycles. The molecule has 7 nitrogen and oxygen atoms in total. The number of anilines is 1. The summed E-state index contributed by atoms with van der Waals surface area (Å²) >= 11 is 0. The van der Waals surface area contributed by atoms with Crippen molar-refractivity contribution >= 4 is 11.9 Å². The highest BCUT2D eigenvalue weighted by molar-refractivity contribution is 5.95. The van der Waals surface area contributed by atoms with E-state index in [0.717, 1.165) is 35.7 Å². The van der Waals surface area contributed by atoms with Crippen molar-refractivity contribution in [1.82, 2.24) is 20.0 Å². The molecule has 7 heteroatoms. The van der Waals surface area contributed by atoms with E-state index in [1.165, 1.54) is 0 Å². The van der Waals surface area contributed by atoms with Crippen LogP contribution in [0.2, 0.25) is 0 Å². The molecule has 0 saturated carbocycles. The van der Waals surface area contributed by atoms with Gasteiger partial charge in [-0.2, -0.15) is 0 Å². The van der Waals surface area contributed by atoms with Gasteiger partial charge in [0.2, 0.25) is 5.95 Å². The summed E-state index contributed by atoms with van der Waals surface area (Å²) in [7, 11) is 0. The third-order valence-electron chi connectivity index (χ3n) is 4.83. The first-order valence-electron chi connectivity index (χ1n) is 8.98. The Hall–Kier alpha value is -3.22. The highest BCUT2D eigenvalue weighted by Crippen LogP contribution is 2.27. The first-order chi connectivity index (χ1) is 13.1. The number of aromatic nitrogens is 3. The number of carbonyl (C=O) groups is 1. The van der Waals surface area contributed by atoms with Crippen LogP contribution in [0.5, 0.6) is 0 Å². The first-order valence-corrected chi connectivity index (χ1v) is 8.98. The second-order valence-corrected chi connectivity index (χ2v) is 6.61. The Kier molecular flexibility index (Phi) is 4.58. The number of benzene rings is 1. The predicted octanol–water partition coefficient (Wildman–Crippen LogP) is 2.71. The van der Waals surface area contributed by atoms with Crippen molar-refractivity contribution in [3.05, 3.63) is 59.7 Å². The Morgan fingerprint density at radius 3 is 2.44 bits per heavy atom. The average Bonchev–Trinajstić information content (AvgIpc) is 3.06. The maximum Gasteiger partial charge on any atom is 0.253 e. The Balaban J connectivity index is 1.49. The van der Waals surface area contributed by atoms with Crippen LogP contribution in [-0.4, -0.2) is 52.1 Å². The molecule has 1 amide bonds. The summed E-state index contributed by atoms with van der Waals surface area (Å²) in [6.45, 7) is 6.53. The number of piperazine rings is 1. The smallest absolute Gasteiger partial charge is 0.253 e. The molecule has 4 rings (SSSR count). The zero-order valence-electron chi connectivity index (χ0n) is 15.4. The first kappa shape index (κ1) is 17.2. The van der Waals surface area contributed by atoms with Crippen molar-refractivity contribution in [2.24, 2.45) is 0 Å². The second-order valence-electron chi connectivity index (χ2n) is 6.61. The molecule has 1 aliphatic heterocycles. The highest BCUT2D eigenvalue weighted by Gasteiger charge is 2.24. The van der Waals surface area contributed by atoms with Gasteiger partial charge in [-0.05, 0) is 37.6 Å². The summed E-state index contributed by atoms with van der Waals surface area (Å²) in [4.78, 5) is 25.5. The normalized spacial score (nSPS) is 14.4. The van der Waals surface area contributed by atoms with Crippen molar-refractivity contribution in [1.29, 1.82) is 0 Å². The lowest BCUT2D eigenvalue weighted by molar-refractivity contribution is 0.0746. The minimum Gasteiger partial charge on any atom is -0.361 e. The summed E-state index contributed by atoms with van der Waals surface area (Å²) in [5.41, 5.74) is 3.41. The summed E-state index contributed by atoms with van der Waals surface area (Å²) in [5, 5.41) is 4.01. The van der Waals surface area contributed by atoms with Gasteiger partial charge in [0.1, 0.15) is 5.76 Å². The van der Waals surface area contributed by atoms with Crippen molar-refractivity contribution in [2.45, 2.75) is 13.8 Å². The molecule has 0 atom stereocenters. The van der Waals surface area contributed by atoms with E-state index in [9.17, 15) is 4.79 Å². The van der Waals surface area contributed by atoms with Crippen LogP contribution >= 0.6 is 0 Å². The maximum atomic E-state index is 13.0. The van der Waals surface area contributed by atoms with Gasteiger partial charge in [-0.3, -0.25) is 4.79 Å². The molecule has 0 unspecified atom stereocenters. The van der Waals surface area contributed by atoms with Crippen LogP contribution in [0.4, 0.5) is 5.95 Å². The highest BCUT2D eigenvalue weighted by atomic mass is 16.5. The third-order valence-corrected chi connectivity index (χ3v) is 4.83. The van der Waals surface area contributed by atoms with Crippen LogP contribution in [0.25, 0.3) is 11.1 Å². The van der Waals surface area contributed by atoms with Crippen LogP contribution < -0.4 is 4.90 Å². The van der Waals surface area contributed by atoms with E-state index in [2.05, 4.69) is 20.0 Å². The number of aryl methyl sites for hydroxylation is 2. The zero-order chi connectivity index (χ0) is 18.8. The lowest BCUT2D eigenvalue weighted by atomic mass is 10.0. The van der Waals surface area contributed by atoms with E-state index in [0.29, 0.717) is 24.6 Å². The number of hydrogen-bond acceptors (Lipinski definition) is 6. The summed E-state index contributed by atoms with van der Waals surface area (Å²) in [5.74, 6) is 1.51. The van der Waals surface area contributed by atoms with E-state index in [-0.39, 0.29) is 5.91 Å². The molecular formula is C20H21N5O2. The fourth-order valence-corrected chi connectivity index (χ4v) is 3.45. The monoisotopic (exact) mass is 363 g/mol. The van der Waals surface area contributed by atoms with Gasteiger partial charge in [-0.25, -0.2) is 9.97 Å². The van der Waals surface area contributed by atoms with Gasteiger partial charge < -0.3 is 14.3 Å². The molecule has 27 heavy (non-hydrogen) atoms. The minimum atomic E-state index is 0.0391. The van der Waals surface area contributed by atoms with Crippen LogP contribution in [0, 0.1) is 13.8 Å². The molecule has 0 N–H and O–H groups in total. The Bertz CT molecular complexity index is 927. The second kappa shape index (κ2) is 7.19. The number of hydrogen-bond donors (Lipinski definition) is 0. The van der Waals surface area contributed by atoms with Crippen LogP contribution in [0.1, 0.15) is 21.8 Å². The topological polar surface area (TPSA) is 75.4 Å². The number of carbonyl (C=O) groups excluding carboxylic acids is 1. The van der Waals surface area contributed by atoms with E-state index >= 15 is 0 Å². The molecule has 0 spiro atoms. The third kappa shape index (κ3) is 3.40. The molecule has 3 heterocycles. The van der Waals surface area contributed by atoms with Crippen LogP contribution in [-0.2, 0) is 0 Å². The Morgan fingerprint density at radius 2 is 1.78 bits per heavy atom. The number of nitrogens with zero attached hydrogens (tertiary/aromatic N) is 5. The minimum absolute atomic E-state index is 0.0391. The predicted molar refractivity (Wildman–Crippen MR) is 102 cm³/mol. The van der Waals surface area contributed by atoms with E-state index < -0.39 is 0 Å². The van der Waals surface area contributed by atoms with Crippen LogP contribution in [0.3, 0.4) is 0 Å². The van der Waals surface area contributed by atoms with Crippen molar-refractivity contribution in [3.8, 4) is 11.1 Å². The van der Waals surface area contributed by atoms with E-state index in [4.69, 9.17) is 4.52 Å². The lowest BCUT2D eigenvalue weighted by Crippen LogP contribution is -2.49. The van der Waals surface area contributed by atoms with Crippen molar-refractivity contribution in [3.63, 3.8) is 0 Å². The molecule has 1 fully saturated rings. The molecule has 0 bridgehead atoms. The molecule has 1 aromatic carbocycles. The molecule has 0 radical (unpaired) electrons. The van der Waals surface area contributed by atoms with Gasteiger partial charge in [0.15, 0.2) is 0 Å². The summed E-state index contributed by atoms with van der Waals surface area (Å²) < 4.78 is 5.26. The van der Waals surface area contributed by atoms with Gasteiger partial charge in [0.05, 0.1) is 5.69 Å². The molecular weight excluding hydrogens is 342 g/mol. The fraction of sp³-hybridized carbons (Fsp3) is 0.300. The molecule has 0 aliphatic carbocycles. The molecule has 1 aliphatic rings. The number of amides is 1. The fourth-order valence-electron chi connectivity index (χ4n) is 3.45. The van der Waals surface area contributed by atoms with E-state index in [1.807, 2.05) is 43.0 Å². The SMILES string of the molecule is Cc1noc(C)c1-c1cccc(C(=O)N2CCN(c3ncccn3)CC2)c1. The van der Waals surface area contributed by atoms with Gasteiger partial charge in [-0.15, -0.1) is 0 Å². The quantitative estimate of drug-likeness (QED) is 0.712. The van der Waals surface area contributed by atoms with Gasteiger partial charge in [0.25, 0.3) is 5.91 Å². The van der Waals surface area contributed by atoms with Gasteiger partial charge in [-0.1, -0.05) is 17.3 Å². The van der Waals surface area contributed by atoms with E-state index in [1.54, 1.807) is 18.5 Å². The number of rotatable bonds is 3. The largest absolute Gasteiger partial charge is 0.361 e. The average molecular weight is 363 g/mol.